The fourth-order valence-corrected chi connectivity index (χ4v) is 1.38. The van der Waals surface area contributed by atoms with E-state index in [-0.39, 0.29) is 0 Å². The quantitative estimate of drug-likeness (QED) is 0.744. The summed E-state index contributed by atoms with van der Waals surface area (Å²) in [4.78, 5) is 16.4. The molecule has 0 unspecified atom stereocenters. The van der Waals surface area contributed by atoms with Crippen LogP contribution < -0.4 is 5.73 Å². The average Bonchev–Trinajstić information content (AvgIpc) is 2.71. The highest BCUT2D eigenvalue weighted by molar-refractivity contribution is 5.90. The number of nitrogens with two attached hydrogens (primary N) is 1. The van der Waals surface area contributed by atoms with Crippen molar-refractivity contribution < 1.29 is 4.79 Å². The molecule has 1 fully saturated rings. The number of hydrogen-bond donors (Lipinski definition) is 1. The highest BCUT2D eigenvalue weighted by atomic mass is 16.1. The third-order valence-corrected chi connectivity index (χ3v) is 2.25. The van der Waals surface area contributed by atoms with E-state index in [0.717, 1.165) is 0 Å². The van der Waals surface area contributed by atoms with Crippen LogP contribution in [-0.4, -0.2) is 35.9 Å². The number of primary amides is 1. The molecule has 2 rings (SSSR count). The van der Waals surface area contributed by atoms with Crippen LogP contribution in [0.3, 0.4) is 0 Å². The van der Waals surface area contributed by atoms with Crippen molar-refractivity contribution in [2.24, 2.45) is 5.73 Å². The summed E-state index contributed by atoms with van der Waals surface area (Å²) in [5, 5.41) is 0. The van der Waals surface area contributed by atoms with Gasteiger partial charge in [-0.25, -0.2) is 0 Å². The monoisotopic (exact) mass is 207 g/mol. The van der Waals surface area contributed by atoms with Crippen LogP contribution in [0.1, 0.15) is 23.3 Å². The molecule has 0 radical (unpaired) electrons. The largest absolute Gasteiger partial charge is 0.364 e. The topological polar surface area (TPSA) is 59.2 Å². The Morgan fingerprint density at radius 1 is 1.40 bits per heavy atom. The van der Waals surface area contributed by atoms with E-state index >= 15 is 0 Å². The van der Waals surface area contributed by atoms with E-state index in [0.29, 0.717) is 5.69 Å². The molecule has 0 bridgehead atoms. The molecule has 1 aliphatic rings. The Bertz CT molecular complexity index is 294. The summed E-state index contributed by atoms with van der Waals surface area (Å²) in [7, 11) is 2.17. The minimum atomic E-state index is -0.490. The summed E-state index contributed by atoms with van der Waals surface area (Å²) >= 11 is 0. The normalized spacial score (nSPS) is 15.5. The molecule has 0 atom stereocenters. The summed E-state index contributed by atoms with van der Waals surface area (Å²) in [6.07, 6.45) is 4.35. The molecule has 0 aromatic carbocycles. The van der Waals surface area contributed by atoms with Gasteiger partial charge in [-0.2, -0.15) is 0 Å². The van der Waals surface area contributed by atoms with Gasteiger partial charge in [-0.15, -0.1) is 0 Å². The number of carbonyl (C=O) groups excluding carboxylic acids is 1. The molecular formula is C11H17N3O. The third-order valence-electron chi connectivity index (χ3n) is 2.25. The van der Waals surface area contributed by atoms with Gasteiger partial charge in [-0.1, -0.05) is 6.07 Å². The molecule has 4 nitrogen and oxygen atoms in total. The van der Waals surface area contributed by atoms with E-state index in [1.807, 2.05) is 0 Å². The smallest absolute Gasteiger partial charge is 0.267 e. The summed E-state index contributed by atoms with van der Waals surface area (Å²) < 4.78 is 0. The van der Waals surface area contributed by atoms with Crippen LogP contribution in [0.25, 0.3) is 0 Å². The number of rotatable bonds is 1. The summed E-state index contributed by atoms with van der Waals surface area (Å²) in [5.41, 5.74) is 5.22. The first-order chi connectivity index (χ1) is 7.20. The minimum Gasteiger partial charge on any atom is -0.364 e. The van der Waals surface area contributed by atoms with Gasteiger partial charge in [0.15, 0.2) is 0 Å². The van der Waals surface area contributed by atoms with E-state index in [4.69, 9.17) is 5.73 Å². The second-order valence-corrected chi connectivity index (χ2v) is 3.59. The summed E-state index contributed by atoms with van der Waals surface area (Å²) in [5.74, 6) is -0.490. The molecular weight excluding hydrogens is 190 g/mol. The van der Waals surface area contributed by atoms with Crippen molar-refractivity contribution in [3.63, 3.8) is 0 Å². The van der Waals surface area contributed by atoms with Gasteiger partial charge in [0.25, 0.3) is 5.91 Å². The van der Waals surface area contributed by atoms with Gasteiger partial charge in [-0.3, -0.25) is 9.78 Å². The van der Waals surface area contributed by atoms with E-state index in [1.54, 1.807) is 18.2 Å². The molecule has 1 aromatic rings. The van der Waals surface area contributed by atoms with E-state index in [9.17, 15) is 4.79 Å². The van der Waals surface area contributed by atoms with Crippen molar-refractivity contribution in [1.29, 1.82) is 0 Å². The fourth-order valence-electron chi connectivity index (χ4n) is 1.38. The molecule has 2 N–H and O–H groups in total. The SMILES string of the molecule is CN1CCCC1.NC(=O)c1ccccn1. The van der Waals surface area contributed by atoms with Crippen molar-refractivity contribution in [3.05, 3.63) is 30.1 Å². The zero-order valence-electron chi connectivity index (χ0n) is 9.02. The Hall–Kier alpha value is -1.42. The molecule has 0 aliphatic carbocycles. The van der Waals surface area contributed by atoms with Crippen LogP contribution in [0, 0.1) is 0 Å². The van der Waals surface area contributed by atoms with Crippen molar-refractivity contribution >= 4 is 5.91 Å². The minimum absolute atomic E-state index is 0.303. The van der Waals surface area contributed by atoms with Gasteiger partial charge in [0.1, 0.15) is 5.69 Å². The predicted molar refractivity (Wildman–Crippen MR) is 59.5 cm³/mol. The van der Waals surface area contributed by atoms with Crippen molar-refractivity contribution in [1.82, 2.24) is 9.88 Å². The molecule has 0 spiro atoms. The number of carbonyl (C=O) groups is 1. The number of aromatic nitrogens is 1. The molecule has 2 heterocycles. The summed E-state index contributed by atoms with van der Waals surface area (Å²) in [6.45, 7) is 2.64. The van der Waals surface area contributed by atoms with Crippen LogP contribution in [0.5, 0.6) is 0 Å². The standard InChI is InChI=1S/C6H6N2O.C5H11N/c7-6(9)5-3-1-2-4-8-5;1-6-4-2-3-5-6/h1-4H,(H2,7,9);2-5H2,1H3. The first kappa shape index (κ1) is 11.7. The molecule has 15 heavy (non-hydrogen) atoms. The van der Waals surface area contributed by atoms with Crippen molar-refractivity contribution in [3.8, 4) is 0 Å². The van der Waals surface area contributed by atoms with Gasteiger partial charge in [-0.05, 0) is 45.1 Å². The lowest BCUT2D eigenvalue weighted by molar-refractivity contribution is 0.0995. The zero-order chi connectivity index (χ0) is 11.1. The highest BCUT2D eigenvalue weighted by Crippen LogP contribution is 2.02. The first-order valence-electron chi connectivity index (χ1n) is 5.09. The molecule has 1 aliphatic heterocycles. The molecule has 82 valence electrons. The van der Waals surface area contributed by atoms with Crippen LogP contribution >= 0.6 is 0 Å². The second-order valence-electron chi connectivity index (χ2n) is 3.59. The second kappa shape index (κ2) is 6.14. The lowest BCUT2D eigenvalue weighted by Crippen LogP contribution is -2.12. The molecule has 1 saturated heterocycles. The maximum atomic E-state index is 10.4. The molecule has 0 saturated carbocycles. The summed E-state index contributed by atoms with van der Waals surface area (Å²) in [6, 6.07) is 5.02. The van der Waals surface area contributed by atoms with Crippen LogP contribution in [0.2, 0.25) is 0 Å². The Morgan fingerprint density at radius 3 is 2.33 bits per heavy atom. The van der Waals surface area contributed by atoms with Gasteiger partial charge < -0.3 is 10.6 Å². The van der Waals surface area contributed by atoms with E-state index in [1.165, 1.54) is 32.1 Å². The van der Waals surface area contributed by atoms with Crippen molar-refractivity contribution in [2.75, 3.05) is 20.1 Å². The Kier molecular flexibility index (Phi) is 4.77. The maximum Gasteiger partial charge on any atom is 0.267 e. The number of pyridine rings is 1. The maximum absolute atomic E-state index is 10.4. The van der Waals surface area contributed by atoms with Crippen molar-refractivity contribution in [2.45, 2.75) is 12.8 Å². The predicted octanol–water partition coefficient (Wildman–Crippen LogP) is 0.892. The Labute approximate surface area is 90.1 Å². The van der Waals surface area contributed by atoms with Crippen LogP contribution in [-0.2, 0) is 0 Å². The van der Waals surface area contributed by atoms with Gasteiger partial charge >= 0.3 is 0 Å². The number of nitrogens with zero attached hydrogens (tertiary/aromatic N) is 2. The molecule has 1 aromatic heterocycles. The Balaban J connectivity index is 0.000000162. The zero-order valence-corrected chi connectivity index (χ0v) is 9.02. The van der Waals surface area contributed by atoms with Crippen LogP contribution in [0.15, 0.2) is 24.4 Å². The van der Waals surface area contributed by atoms with E-state index in [2.05, 4.69) is 16.9 Å². The number of hydrogen-bond acceptors (Lipinski definition) is 3. The number of likely N-dealkylation sites (tertiary alicyclic amines) is 1. The lowest BCUT2D eigenvalue weighted by Gasteiger charge is -2.01. The highest BCUT2D eigenvalue weighted by Gasteiger charge is 2.03. The van der Waals surface area contributed by atoms with Crippen LogP contribution in [0.4, 0.5) is 0 Å². The first-order valence-corrected chi connectivity index (χ1v) is 5.09. The molecule has 4 heteroatoms. The lowest BCUT2D eigenvalue weighted by atomic mass is 10.3. The van der Waals surface area contributed by atoms with Gasteiger partial charge in [0, 0.05) is 6.20 Å². The third kappa shape index (κ3) is 4.56. The average molecular weight is 207 g/mol. The fraction of sp³-hybridized carbons (Fsp3) is 0.455. The van der Waals surface area contributed by atoms with Gasteiger partial charge in [0.05, 0.1) is 0 Å². The molecule has 1 amide bonds. The Morgan fingerprint density at radius 2 is 2.07 bits per heavy atom. The van der Waals surface area contributed by atoms with E-state index < -0.39 is 5.91 Å². The number of amides is 1. The van der Waals surface area contributed by atoms with Gasteiger partial charge in [0.2, 0.25) is 0 Å².